The highest BCUT2D eigenvalue weighted by Crippen LogP contribution is 2.17. The highest BCUT2D eigenvalue weighted by Gasteiger charge is 2.20. The molecular weight excluding hydrogens is 244 g/mol. The number of benzene rings is 1. The van der Waals surface area contributed by atoms with Crippen LogP contribution in [-0.4, -0.2) is 48.8 Å². The van der Waals surface area contributed by atoms with Gasteiger partial charge in [0.05, 0.1) is 12.1 Å². The summed E-state index contributed by atoms with van der Waals surface area (Å²) in [7, 11) is 3.30. The molecule has 1 aromatic rings. The minimum atomic E-state index is -0.268. The number of likely N-dealkylation sites (N-methyl/N-ethyl adjacent to an activating group) is 2. The van der Waals surface area contributed by atoms with Crippen LogP contribution >= 0.6 is 0 Å². The second-order valence-electron chi connectivity index (χ2n) is 4.45. The fourth-order valence-electron chi connectivity index (χ4n) is 1.58. The van der Waals surface area contributed by atoms with Crippen molar-refractivity contribution in [1.29, 1.82) is 0 Å². The minimum Gasteiger partial charge on any atom is -0.399 e. The van der Waals surface area contributed by atoms with Crippen molar-refractivity contribution in [1.82, 2.24) is 9.80 Å². The first-order chi connectivity index (χ1) is 8.86. The minimum absolute atomic E-state index is 0.0339. The van der Waals surface area contributed by atoms with Crippen molar-refractivity contribution in [3.05, 3.63) is 23.8 Å². The standard InChI is InChI=1S/C13H20N4O2/c1-4-17(8-12(18)16(2)3)13(19)10-6-5-9(14)7-11(10)15/h5-7H,4,8,14-15H2,1-3H3. The average Bonchev–Trinajstić information content (AvgIpc) is 2.34. The van der Waals surface area contributed by atoms with E-state index in [9.17, 15) is 9.59 Å². The zero-order valence-electron chi connectivity index (χ0n) is 11.5. The van der Waals surface area contributed by atoms with Gasteiger partial charge in [-0.05, 0) is 25.1 Å². The molecule has 0 radical (unpaired) electrons. The van der Waals surface area contributed by atoms with Gasteiger partial charge in [0.2, 0.25) is 5.91 Å². The van der Waals surface area contributed by atoms with E-state index in [4.69, 9.17) is 11.5 Å². The monoisotopic (exact) mass is 264 g/mol. The SMILES string of the molecule is CCN(CC(=O)N(C)C)C(=O)c1ccc(N)cc1N. The lowest BCUT2D eigenvalue weighted by atomic mass is 10.1. The molecule has 0 fully saturated rings. The van der Waals surface area contributed by atoms with Crippen LogP contribution in [0.15, 0.2) is 18.2 Å². The molecule has 0 bridgehead atoms. The van der Waals surface area contributed by atoms with Crippen LogP contribution < -0.4 is 11.5 Å². The molecule has 6 heteroatoms. The third kappa shape index (κ3) is 3.61. The van der Waals surface area contributed by atoms with Gasteiger partial charge in [-0.1, -0.05) is 0 Å². The molecule has 0 saturated carbocycles. The predicted octanol–water partition coefficient (Wildman–Crippen LogP) is 0.401. The molecule has 0 aliphatic carbocycles. The number of hydrogen-bond acceptors (Lipinski definition) is 4. The molecule has 1 aromatic carbocycles. The average molecular weight is 264 g/mol. The van der Waals surface area contributed by atoms with Gasteiger partial charge in [0.1, 0.15) is 0 Å². The Labute approximate surface area is 113 Å². The summed E-state index contributed by atoms with van der Waals surface area (Å²) in [6.07, 6.45) is 0. The molecular formula is C13H20N4O2. The van der Waals surface area contributed by atoms with Gasteiger partial charge < -0.3 is 21.3 Å². The van der Waals surface area contributed by atoms with Crippen LogP contribution in [0.4, 0.5) is 11.4 Å². The van der Waals surface area contributed by atoms with Crippen molar-refractivity contribution < 1.29 is 9.59 Å². The van der Waals surface area contributed by atoms with Crippen molar-refractivity contribution in [2.75, 3.05) is 38.7 Å². The first-order valence-electron chi connectivity index (χ1n) is 6.01. The van der Waals surface area contributed by atoms with E-state index in [1.807, 2.05) is 6.92 Å². The summed E-state index contributed by atoms with van der Waals surface area (Å²) in [5.41, 5.74) is 12.6. The number of nitrogens with zero attached hydrogens (tertiary/aromatic N) is 2. The number of carbonyl (C=O) groups excluding carboxylic acids is 2. The summed E-state index contributed by atoms with van der Waals surface area (Å²) in [6.45, 7) is 2.28. The highest BCUT2D eigenvalue weighted by atomic mass is 16.2. The summed E-state index contributed by atoms with van der Waals surface area (Å²) >= 11 is 0. The summed E-state index contributed by atoms with van der Waals surface area (Å²) in [6, 6.07) is 4.73. The smallest absolute Gasteiger partial charge is 0.256 e. The number of amides is 2. The first kappa shape index (κ1) is 14.8. The number of hydrogen-bond donors (Lipinski definition) is 2. The molecule has 1 rings (SSSR count). The van der Waals surface area contributed by atoms with Crippen LogP contribution in [0.5, 0.6) is 0 Å². The Morgan fingerprint density at radius 3 is 2.32 bits per heavy atom. The molecule has 0 atom stereocenters. The van der Waals surface area contributed by atoms with Gasteiger partial charge in [-0.15, -0.1) is 0 Å². The predicted molar refractivity (Wildman–Crippen MR) is 75.5 cm³/mol. The van der Waals surface area contributed by atoms with E-state index in [1.54, 1.807) is 26.2 Å². The van der Waals surface area contributed by atoms with Gasteiger partial charge in [-0.25, -0.2) is 0 Å². The fraction of sp³-hybridized carbons (Fsp3) is 0.385. The van der Waals surface area contributed by atoms with Gasteiger partial charge in [-0.3, -0.25) is 9.59 Å². The van der Waals surface area contributed by atoms with Crippen molar-refractivity contribution in [2.24, 2.45) is 0 Å². The normalized spacial score (nSPS) is 10.1. The van der Waals surface area contributed by atoms with Crippen LogP contribution in [0.1, 0.15) is 17.3 Å². The van der Waals surface area contributed by atoms with E-state index < -0.39 is 0 Å². The lowest BCUT2D eigenvalue weighted by Crippen LogP contribution is -2.40. The number of nitrogens with two attached hydrogens (primary N) is 2. The molecule has 0 aromatic heterocycles. The second kappa shape index (κ2) is 6.08. The summed E-state index contributed by atoms with van der Waals surface area (Å²) in [5, 5.41) is 0. The van der Waals surface area contributed by atoms with Gasteiger partial charge in [0, 0.05) is 32.0 Å². The Hall–Kier alpha value is -2.24. The Morgan fingerprint density at radius 1 is 1.21 bits per heavy atom. The molecule has 4 N–H and O–H groups in total. The van der Waals surface area contributed by atoms with Gasteiger partial charge in [0.15, 0.2) is 0 Å². The van der Waals surface area contributed by atoms with Gasteiger partial charge in [0.25, 0.3) is 5.91 Å². The maximum absolute atomic E-state index is 12.3. The number of rotatable bonds is 4. The van der Waals surface area contributed by atoms with Crippen molar-refractivity contribution in [3.63, 3.8) is 0 Å². The van der Waals surface area contributed by atoms with Crippen molar-refractivity contribution >= 4 is 23.2 Å². The Kier molecular flexibility index (Phi) is 4.74. The maximum atomic E-state index is 12.3. The molecule has 0 unspecified atom stereocenters. The molecule has 0 aliphatic rings. The molecule has 0 aliphatic heterocycles. The third-order valence-corrected chi connectivity index (χ3v) is 2.80. The van der Waals surface area contributed by atoms with E-state index in [0.717, 1.165) is 0 Å². The van der Waals surface area contributed by atoms with Crippen LogP contribution in [0.25, 0.3) is 0 Å². The first-order valence-corrected chi connectivity index (χ1v) is 6.01. The zero-order chi connectivity index (χ0) is 14.6. The Balaban J connectivity index is 2.92. The topological polar surface area (TPSA) is 92.7 Å². The van der Waals surface area contributed by atoms with Gasteiger partial charge in [-0.2, -0.15) is 0 Å². The Bertz CT molecular complexity index is 486. The molecule has 19 heavy (non-hydrogen) atoms. The van der Waals surface area contributed by atoms with E-state index >= 15 is 0 Å². The van der Waals surface area contributed by atoms with E-state index in [2.05, 4.69) is 0 Å². The molecule has 0 heterocycles. The Morgan fingerprint density at radius 2 is 1.84 bits per heavy atom. The lowest BCUT2D eigenvalue weighted by Gasteiger charge is -2.23. The van der Waals surface area contributed by atoms with Crippen LogP contribution in [-0.2, 0) is 4.79 Å². The van der Waals surface area contributed by atoms with Crippen LogP contribution in [0.2, 0.25) is 0 Å². The van der Waals surface area contributed by atoms with Crippen LogP contribution in [0, 0.1) is 0 Å². The molecule has 2 amide bonds. The number of anilines is 2. The molecule has 0 spiro atoms. The summed E-state index contributed by atoms with van der Waals surface area (Å²) in [5.74, 6) is -0.403. The van der Waals surface area contributed by atoms with Crippen molar-refractivity contribution in [2.45, 2.75) is 6.92 Å². The van der Waals surface area contributed by atoms with E-state index in [1.165, 1.54) is 15.9 Å². The fourth-order valence-corrected chi connectivity index (χ4v) is 1.58. The quantitative estimate of drug-likeness (QED) is 0.770. The molecule has 104 valence electrons. The molecule has 6 nitrogen and oxygen atoms in total. The summed E-state index contributed by atoms with van der Waals surface area (Å²) < 4.78 is 0. The van der Waals surface area contributed by atoms with E-state index in [0.29, 0.717) is 23.5 Å². The maximum Gasteiger partial charge on any atom is 0.256 e. The summed E-state index contributed by atoms with van der Waals surface area (Å²) in [4.78, 5) is 26.9. The zero-order valence-corrected chi connectivity index (χ0v) is 11.5. The van der Waals surface area contributed by atoms with Crippen molar-refractivity contribution in [3.8, 4) is 0 Å². The number of nitrogen functional groups attached to an aromatic ring is 2. The van der Waals surface area contributed by atoms with E-state index in [-0.39, 0.29) is 18.4 Å². The van der Waals surface area contributed by atoms with Gasteiger partial charge >= 0.3 is 0 Å². The van der Waals surface area contributed by atoms with Crippen LogP contribution in [0.3, 0.4) is 0 Å². The third-order valence-electron chi connectivity index (χ3n) is 2.80. The highest BCUT2D eigenvalue weighted by molar-refractivity contribution is 6.01. The lowest BCUT2D eigenvalue weighted by molar-refractivity contribution is -0.129. The molecule has 0 saturated heterocycles. The second-order valence-corrected chi connectivity index (χ2v) is 4.45. The largest absolute Gasteiger partial charge is 0.399 e. The number of carbonyl (C=O) groups is 2.